The molecule has 22 rings (SSSR count). The highest BCUT2D eigenvalue weighted by Crippen LogP contribution is 2.41. The normalized spacial score (nSPS) is 12.7. The van der Waals surface area contributed by atoms with Gasteiger partial charge in [0.05, 0.1) is 96.6 Å². The third kappa shape index (κ3) is 23.6. The zero-order valence-electron chi connectivity index (χ0n) is 77.5. The number of nitrogen functional groups attached to an aromatic ring is 4. The number of H-pyrrole nitrogens is 2. The predicted octanol–water partition coefficient (Wildman–Crippen LogP) is 24.4. The quantitative estimate of drug-likeness (QED) is 0.0933. The van der Waals surface area contributed by atoms with E-state index in [4.69, 9.17) is 43.3 Å². The van der Waals surface area contributed by atoms with Crippen LogP contribution in [0.2, 0.25) is 0 Å². The summed E-state index contributed by atoms with van der Waals surface area (Å²) in [4.78, 5) is 31.3. The molecule has 18 aromatic rings. The third-order valence-corrected chi connectivity index (χ3v) is 21.1. The fraction of sp³-hybridized carbons (Fsp3) is 0.308. The Hall–Kier alpha value is -13.8. The van der Waals surface area contributed by atoms with Gasteiger partial charge in [-0.05, 0) is 178 Å². The van der Waals surface area contributed by atoms with Crippen LogP contribution >= 0.6 is 0 Å². The number of nitrogens with zero attached hydrogens (tertiary/aromatic N) is 16. The molecule has 0 saturated heterocycles. The number of nitrogens with one attached hydrogen (secondary N) is 2. The molecule has 0 aliphatic heterocycles. The zero-order chi connectivity index (χ0) is 91.0. The highest BCUT2D eigenvalue weighted by atomic mass is 15.3. The molecular weight excluding hydrogens is 1560 g/mol. The van der Waals surface area contributed by atoms with E-state index in [1.807, 2.05) is 229 Å². The number of hydrogen-bond donors (Lipinski definition) is 6. The second-order valence-electron chi connectivity index (χ2n) is 28.0. The fourth-order valence-corrected chi connectivity index (χ4v) is 16.0. The summed E-state index contributed by atoms with van der Waals surface area (Å²) < 4.78 is 8.54. The average molecular weight is 1690 g/mol. The van der Waals surface area contributed by atoms with Gasteiger partial charge in [0.25, 0.3) is 0 Å². The SMILES string of the molecule is CC.CC.CC.CC.CC.CC.CC.CC.Cc1nn(C2Cc3ccccc3C2)c2ccnc(N)c12.Cc1nn(C2Cc3ccccc3C2)c2ccnc(N)c12.Cc1nn(C2Cc3ccccc3C2)c2ccnc(N)c12.Nc1nccc2c1c(-c1ccccc1)nn2C1CCCc2ccccc21.c1ccc2[nH]ncc2c1.c1cnc2[nH]ccc2c1.c1cncnc1. The zero-order valence-corrected chi connectivity index (χ0v) is 77.5. The molecule has 22 heteroatoms. The molecule has 0 radical (unpaired) electrons. The van der Waals surface area contributed by atoms with E-state index >= 15 is 0 Å². The smallest absolute Gasteiger partial charge is 0.137 e. The lowest BCUT2D eigenvalue weighted by molar-refractivity contribution is 0.463. The first-order valence-corrected chi connectivity index (χ1v) is 45.2. The lowest BCUT2D eigenvalue weighted by Crippen LogP contribution is -2.18. The summed E-state index contributed by atoms with van der Waals surface area (Å²) >= 11 is 0. The molecule has 0 bridgehead atoms. The fourth-order valence-electron chi connectivity index (χ4n) is 16.0. The van der Waals surface area contributed by atoms with Crippen LogP contribution < -0.4 is 22.9 Å². The van der Waals surface area contributed by atoms with E-state index in [0.717, 1.165) is 145 Å². The van der Waals surface area contributed by atoms with Crippen molar-refractivity contribution in [3.63, 3.8) is 0 Å². The van der Waals surface area contributed by atoms with Crippen LogP contribution in [0.25, 0.3) is 76.8 Å². The molecule has 10 N–H and O–H groups in total. The number of hydrogen-bond acceptors (Lipinski definition) is 16. The van der Waals surface area contributed by atoms with E-state index in [9.17, 15) is 0 Å². The summed E-state index contributed by atoms with van der Waals surface area (Å²) in [7, 11) is 0. The molecular formula is C104H132N22. The molecule has 0 amide bonds. The van der Waals surface area contributed by atoms with Crippen LogP contribution in [-0.4, -0.2) is 89.2 Å². The summed E-state index contributed by atoms with van der Waals surface area (Å²) in [6.45, 7) is 38.0. The number of aromatic amines is 2. The number of para-hydroxylation sites is 1. The number of aromatic nitrogens is 18. The molecule has 22 nitrogen and oxygen atoms in total. The van der Waals surface area contributed by atoms with Crippen molar-refractivity contribution in [1.29, 1.82) is 0 Å². The Morgan fingerprint density at radius 3 is 1.10 bits per heavy atom. The monoisotopic (exact) mass is 1690 g/mol. The number of nitrogens with two attached hydrogens (primary N) is 4. The van der Waals surface area contributed by atoms with Crippen molar-refractivity contribution in [3.8, 4) is 11.3 Å². The Morgan fingerprint density at radius 1 is 0.333 bits per heavy atom. The van der Waals surface area contributed by atoms with Gasteiger partial charge < -0.3 is 27.9 Å². The van der Waals surface area contributed by atoms with Crippen molar-refractivity contribution in [1.82, 2.24) is 89.2 Å². The van der Waals surface area contributed by atoms with Crippen LogP contribution in [0, 0.1) is 20.8 Å². The van der Waals surface area contributed by atoms with E-state index in [0.29, 0.717) is 41.4 Å². The van der Waals surface area contributed by atoms with Crippen molar-refractivity contribution >= 4 is 88.8 Å². The van der Waals surface area contributed by atoms with Gasteiger partial charge in [-0.25, -0.2) is 34.9 Å². The Morgan fingerprint density at radius 2 is 0.706 bits per heavy atom. The largest absolute Gasteiger partial charge is 0.383 e. The highest BCUT2D eigenvalue weighted by molar-refractivity contribution is 6.00. The maximum Gasteiger partial charge on any atom is 0.137 e. The number of anilines is 4. The second-order valence-corrected chi connectivity index (χ2v) is 28.0. The van der Waals surface area contributed by atoms with Crippen LogP contribution in [0.1, 0.15) is 209 Å². The lowest BCUT2D eigenvalue weighted by Gasteiger charge is -2.26. The summed E-state index contributed by atoms with van der Waals surface area (Å²) in [6.07, 6.45) is 27.0. The lowest BCUT2D eigenvalue weighted by atomic mass is 9.88. The molecule has 1 unspecified atom stereocenters. The summed E-state index contributed by atoms with van der Waals surface area (Å²) in [5.41, 5.74) is 46.9. The Kier molecular flexibility index (Phi) is 39.3. The molecule has 0 fully saturated rings. The van der Waals surface area contributed by atoms with Crippen molar-refractivity contribution in [3.05, 3.63) is 324 Å². The first kappa shape index (κ1) is 97.7. The summed E-state index contributed by atoms with van der Waals surface area (Å²) in [5.74, 6) is 2.25. The number of fused-ring (bicyclic) bond motifs is 10. The Balaban J connectivity index is 0.000000183. The van der Waals surface area contributed by atoms with Crippen LogP contribution in [0.3, 0.4) is 0 Å². The van der Waals surface area contributed by atoms with E-state index in [1.165, 1.54) is 57.3 Å². The molecule has 12 heterocycles. The van der Waals surface area contributed by atoms with E-state index < -0.39 is 0 Å². The molecule has 6 aromatic carbocycles. The van der Waals surface area contributed by atoms with E-state index in [2.05, 4.69) is 178 Å². The van der Waals surface area contributed by atoms with Gasteiger partial charge in [-0.2, -0.15) is 25.5 Å². The summed E-state index contributed by atoms with van der Waals surface area (Å²) in [5, 5.41) is 32.2. The second kappa shape index (κ2) is 50.7. The van der Waals surface area contributed by atoms with Crippen LogP contribution in [0.15, 0.2) is 262 Å². The predicted molar refractivity (Wildman–Crippen MR) is 529 cm³/mol. The maximum absolute atomic E-state index is 6.27. The molecule has 12 aromatic heterocycles. The van der Waals surface area contributed by atoms with Gasteiger partial charge in [-0.3, -0.25) is 23.8 Å². The van der Waals surface area contributed by atoms with Gasteiger partial charge in [-0.1, -0.05) is 256 Å². The highest BCUT2D eigenvalue weighted by Gasteiger charge is 2.30. The molecule has 4 aliphatic rings. The van der Waals surface area contributed by atoms with Gasteiger partial charge in [0.15, 0.2) is 0 Å². The standard InChI is InChI=1S/C22H20N4.3C16H16N4.2C7H6N2.C4H4N2.8C2H6/c23-22-20-19(13-14-24-22)26(25-21(20)16-8-2-1-3-9-16)18-12-6-10-15-7-4-5-11-17(15)18;3*1-10-15-14(6-7-18-16(15)17)20(19-10)13-8-11-4-2-3-5-12(11)9-13;1-2-6-3-5-9-7(6)8-4-1;1-2-4-7-6(3-1)5-8-9-7;1-2-5-4-6-3-1;8*1-2/h1-5,7-9,11,13-14,18H,6,10,12H2,(H2,23,24);3*2-7,13H,8-9H2,1H3,(H2,17,18);2*1-5H,(H,8,9);1-4H;8*1-2H3. The third-order valence-electron chi connectivity index (χ3n) is 21.1. The van der Waals surface area contributed by atoms with Crippen molar-refractivity contribution in [2.45, 2.75) is 214 Å². The van der Waals surface area contributed by atoms with Crippen molar-refractivity contribution < 1.29 is 0 Å². The van der Waals surface area contributed by atoms with E-state index in [1.54, 1.807) is 49.4 Å². The first-order valence-electron chi connectivity index (χ1n) is 45.2. The van der Waals surface area contributed by atoms with Crippen molar-refractivity contribution in [2.24, 2.45) is 0 Å². The molecule has 0 saturated carbocycles. The van der Waals surface area contributed by atoms with Gasteiger partial charge in [-0.15, -0.1) is 0 Å². The maximum atomic E-state index is 6.27. The van der Waals surface area contributed by atoms with Crippen LogP contribution in [0.5, 0.6) is 0 Å². The number of rotatable bonds is 5. The Bertz CT molecular complexity index is 5660. The number of aryl methyl sites for hydroxylation is 4. The molecule has 4 aliphatic carbocycles. The minimum atomic E-state index is 0.238. The Labute approximate surface area is 745 Å². The average Bonchev–Trinajstić information content (AvgIpc) is 1.65. The molecule has 658 valence electrons. The minimum Gasteiger partial charge on any atom is -0.383 e. The van der Waals surface area contributed by atoms with Gasteiger partial charge in [0.2, 0.25) is 0 Å². The van der Waals surface area contributed by atoms with Gasteiger partial charge in [0, 0.05) is 65.9 Å². The van der Waals surface area contributed by atoms with E-state index in [-0.39, 0.29) is 6.04 Å². The van der Waals surface area contributed by atoms with Crippen molar-refractivity contribution in [2.75, 3.05) is 22.9 Å². The molecule has 1 atom stereocenters. The topological polar surface area (TPSA) is 310 Å². The van der Waals surface area contributed by atoms with Crippen LogP contribution in [-0.2, 0) is 44.9 Å². The van der Waals surface area contributed by atoms with Crippen LogP contribution in [0.4, 0.5) is 23.3 Å². The number of benzene rings is 6. The first-order chi connectivity index (χ1) is 62.0. The minimum absolute atomic E-state index is 0.238. The van der Waals surface area contributed by atoms with Gasteiger partial charge in [0.1, 0.15) is 40.9 Å². The molecule has 126 heavy (non-hydrogen) atoms. The number of pyridine rings is 5. The van der Waals surface area contributed by atoms with Gasteiger partial charge >= 0.3 is 0 Å². The summed E-state index contributed by atoms with van der Waals surface area (Å²) in [6, 6.07) is 70.0. The molecule has 0 spiro atoms.